The molecule has 10 heteroatoms. The molecule has 224 valence electrons. The number of aromatic nitrogens is 2. The summed E-state index contributed by atoms with van der Waals surface area (Å²) in [5.41, 5.74) is 4.75. The Bertz CT molecular complexity index is 1590. The zero-order valence-electron chi connectivity index (χ0n) is 25.5. The first-order valence-corrected chi connectivity index (χ1v) is 14.0. The van der Waals surface area contributed by atoms with E-state index in [0.717, 1.165) is 28.3 Å². The molecular formula is C33H36N4O6. The normalized spacial score (nSPS) is 18.1. The standard InChI is InChI=1S/C33H36N4O6/c1-20-33(23-10-8-12-34-31(23)33)37(19-22-16-27(40-4)30(43-7)28(17-22)41-5)32-24(11-9-13-35-32)36(20)18-21-14-25(38-2)29(42-6)26(15-21)39-3/h8-17,20H,18-19H2,1-7H3. The van der Waals surface area contributed by atoms with Gasteiger partial charge in [-0.1, -0.05) is 6.07 Å². The van der Waals surface area contributed by atoms with Crippen LogP contribution in [-0.4, -0.2) is 58.7 Å². The van der Waals surface area contributed by atoms with E-state index in [1.807, 2.05) is 48.8 Å². The summed E-state index contributed by atoms with van der Waals surface area (Å²) in [4.78, 5) is 14.6. The quantitative estimate of drug-likeness (QED) is 0.248. The summed E-state index contributed by atoms with van der Waals surface area (Å²) in [6.07, 6.45) is 3.69. The van der Waals surface area contributed by atoms with Crippen molar-refractivity contribution < 1.29 is 28.4 Å². The van der Waals surface area contributed by atoms with Crippen molar-refractivity contribution >= 4 is 11.5 Å². The minimum absolute atomic E-state index is 0.00442. The Morgan fingerprint density at radius 3 is 1.67 bits per heavy atom. The van der Waals surface area contributed by atoms with Crippen LogP contribution < -0.4 is 38.2 Å². The Labute approximate surface area is 251 Å². The predicted octanol–water partition coefficient (Wildman–Crippen LogP) is 5.20. The second-order valence-corrected chi connectivity index (χ2v) is 10.5. The second-order valence-electron chi connectivity index (χ2n) is 10.5. The fourth-order valence-electron chi connectivity index (χ4n) is 6.52. The number of hydrogen-bond donors (Lipinski definition) is 0. The highest BCUT2D eigenvalue weighted by atomic mass is 16.5. The number of rotatable bonds is 10. The lowest BCUT2D eigenvalue weighted by Gasteiger charge is -2.49. The van der Waals surface area contributed by atoms with Crippen LogP contribution in [0.3, 0.4) is 0 Å². The molecule has 0 bridgehead atoms. The molecule has 4 aromatic rings. The first-order chi connectivity index (χ1) is 21.0. The average Bonchev–Trinajstić information content (AvgIpc) is 3.73. The van der Waals surface area contributed by atoms with E-state index in [9.17, 15) is 0 Å². The van der Waals surface area contributed by atoms with Crippen molar-refractivity contribution in [3.63, 3.8) is 0 Å². The van der Waals surface area contributed by atoms with Gasteiger partial charge in [-0.25, -0.2) is 4.98 Å². The largest absolute Gasteiger partial charge is 0.493 e. The SMILES string of the molecule is COc1cc(CN2c3cccnc3N(Cc3cc(OC)c(OC)c(OC)c3)C3(c4cccnc43)C2C)cc(OC)c1OC. The monoisotopic (exact) mass is 584 g/mol. The molecule has 0 radical (unpaired) electrons. The van der Waals surface area contributed by atoms with Gasteiger partial charge in [0.15, 0.2) is 28.8 Å². The van der Waals surface area contributed by atoms with Gasteiger partial charge in [-0.2, -0.15) is 0 Å². The minimum atomic E-state index is -0.494. The van der Waals surface area contributed by atoms with E-state index in [4.69, 9.17) is 38.4 Å². The highest BCUT2D eigenvalue weighted by molar-refractivity contribution is 5.80. The number of hydrogen-bond acceptors (Lipinski definition) is 10. The van der Waals surface area contributed by atoms with Gasteiger partial charge < -0.3 is 38.2 Å². The van der Waals surface area contributed by atoms with Crippen molar-refractivity contribution in [1.82, 2.24) is 9.97 Å². The van der Waals surface area contributed by atoms with Gasteiger partial charge in [0, 0.05) is 31.0 Å². The number of pyridine rings is 2. The molecule has 2 unspecified atom stereocenters. The maximum absolute atomic E-state index is 5.68. The van der Waals surface area contributed by atoms with Gasteiger partial charge in [-0.15, -0.1) is 0 Å². The van der Waals surface area contributed by atoms with Crippen LogP contribution in [-0.2, 0) is 18.6 Å². The van der Waals surface area contributed by atoms with E-state index in [1.54, 1.807) is 42.7 Å². The van der Waals surface area contributed by atoms with E-state index in [2.05, 4.69) is 28.9 Å². The molecule has 0 saturated heterocycles. The number of nitrogens with zero attached hydrogens (tertiary/aromatic N) is 4. The highest BCUT2D eigenvalue weighted by Crippen LogP contribution is 2.61. The summed E-state index contributed by atoms with van der Waals surface area (Å²) < 4.78 is 33.8. The van der Waals surface area contributed by atoms with Gasteiger partial charge in [0.25, 0.3) is 0 Å². The van der Waals surface area contributed by atoms with Crippen molar-refractivity contribution in [1.29, 1.82) is 0 Å². The fraction of sp³-hybridized carbons (Fsp3) is 0.333. The van der Waals surface area contributed by atoms with Crippen molar-refractivity contribution in [2.75, 3.05) is 52.5 Å². The topological polar surface area (TPSA) is 87.6 Å². The van der Waals surface area contributed by atoms with Gasteiger partial charge in [-0.05, 0) is 60.5 Å². The van der Waals surface area contributed by atoms with Crippen molar-refractivity contribution in [3.05, 3.63) is 83.3 Å². The van der Waals surface area contributed by atoms with Crippen LogP contribution in [0.4, 0.5) is 11.5 Å². The zero-order valence-corrected chi connectivity index (χ0v) is 25.5. The average molecular weight is 585 g/mol. The molecular weight excluding hydrogens is 548 g/mol. The lowest BCUT2D eigenvalue weighted by molar-refractivity contribution is 0.323. The maximum Gasteiger partial charge on any atom is 0.203 e. The summed E-state index contributed by atoms with van der Waals surface area (Å²) in [5, 5.41) is 0. The van der Waals surface area contributed by atoms with E-state index in [-0.39, 0.29) is 6.04 Å². The van der Waals surface area contributed by atoms with Crippen LogP contribution in [0.15, 0.2) is 60.9 Å². The lowest BCUT2D eigenvalue weighted by atomic mass is 9.93. The molecule has 3 heterocycles. The molecule has 1 aliphatic heterocycles. The third-order valence-electron chi connectivity index (χ3n) is 8.49. The molecule has 0 amide bonds. The van der Waals surface area contributed by atoms with Crippen LogP contribution in [0.2, 0.25) is 0 Å². The number of ether oxygens (including phenoxy) is 6. The van der Waals surface area contributed by atoms with Gasteiger partial charge in [-0.3, -0.25) is 4.98 Å². The molecule has 1 spiro atoms. The Hall–Kier alpha value is -4.86. The third-order valence-corrected chi connectivity index (χ3v) is 8.49. The minimum Gasteiger partial charge on any atom is -0.493 e. The fourth-order valence-corrected chi connectivity index (χ4v) is 6.52. The van der Waals surface area contributed by atoms with Crippen molar-refractivity contribution in [3.8, 4) is 34.5 Å². The van der Waals surface area contributed by atoms with Crippen LogP contribution in [0.1, 0.15) is 29.3 Å². The number of anilines is 2. The van der Waals surface area contributed by atoms with Crippen LogP contribution >= 0.6 is 0 Å². The zero-order chi connectivity index (χ0) is 30.3. The molecule has 6 rings (SSSR count). The summed E-state index contributed by atoms with van der Waals surface area (Å²) >= 11 is 0. The molecule has 2 aromatic heterocycles. The Morgan fingerprint density at radius 1 is 0.674 bits per heavy atom. The third kappa shape index (κ3) is 4.31. The van der Waals surface area contributed by atoms with E-state index in [1.165, 1.54) is 5.56 Å². The molecule has 1 aliphatic carbocycles. The van der Waals surface area contributed by atoms with Gasteiger partial charge in [0.2, 0.25) is 11.5 Å². The summed E-state index contributed by atoms with van der Waals surface area (Å²) in [7, 11) is 9.74. The number of fused-ring (bicyclic) bond motifs is 4. The maximum atomic E-state index is 5.68. The van der Waals surface area contributed by atoms with E-state index >= 15 is 0 Å². The molecule has 0 saturated carbocycles. The molecule has 2 aliphatic rings. The molecule has 10 nitrogen and oxygen atoms in total. The molecule has 2 aromatic carbocycles. The number of methoxy groups -OCH3 is 6. The summed E-state index contributed by atoms with van der Waals surface area (Å²) in [6.45, 7) is 3.38. The summed E-state index contributed by atoms with van der Waals surface area (Å²) in [5.74, 6) is 4.42. The Kier molecular flexibility index (Phi) is 7.29. The first-order valence-electron chi connectivity index (χ1n) is 14.0. The van der Waals surface area contributed by atoms with E-state index in [0.29, 0.717) is 47.6 Å². The lowest BCUT2D eigenvalue weighted by Crippen LogP contribution is -2.56. The van der Waals surface area contributed by atoms with Crippen LogP contribution in [0.25, 0.3) is 0 Å². The predicted molar refractivity (Wildman–Crippen MR) is 163 cm³/mol. The van der Waals surface area contributed by atoms with Crippen molar-refractivity contribution in [2.24, 2.45) is 0 Å². The van der Waals surface area contributed by atoms with Gasteiger partial charge in [0.05, 0.1) is 60.1 Å². The molecule has 2 atom stereocenters. The summed E-state index contributed by atoms with van der Waals surface area (Å²) in [6, 6.07) is 16.2. The number of benzene rings is 2. The van der Waals surface area contributed by atoms with Gasteiger partial charge >= 0.3 is 0 Å². The smallest absolute Gasteiger partial charge is 0.203 e. The highest BCUT2D eigenvalue weighted by Gasteiger charge is 2.64. The Balaban J connectivity index is 1.48. The van der Waals surface area contributed by atoms with Crippen LogP contribution in [0, 0.1) is 0 Å². The van der Waals surface area contributed by atoms with Crippen LogP contribution in [0.5, 0.6) is 34.5 Å². The molecule has 0 fully saturated rings. The van der Waals surface area contributed by atoms with E-state index < -0.39 is 5.54 Å². The van der Waals surface area contributed by atoms with Crippen molar-refractivity contribution in [2.45, 2.75) is 31.6 Å². The molecule has 43 heavy (non-hydrogen) atoms. The Morgan fingerprint density at radius 2 is 1.19 bits per heavy atom. The van der Waals surface area contributed by atoms with Gasteiger partial charge in [0.1, 0.15) is 5.54 Å². The molecule has 0 N–H and O–H groups in total. The first kappa shape index (κ1) is 28.3. The second kappa shape index (κ2) is 11.1.